The van der Waals surface area contributed by atoms with E-state index in [0.29, 0.717) is 17.2 Å². The van der Waals surface area contributed by atoms with Crippen molar-refractivity contribution in [2.75, 3.05) is 4.90 Å². The molecule has 0 saturated carbocycles. The number of nitrogens with one attached hydrogen (secondary N) is 1. The van der Waals surface area contributed by atoms with E-state index in [2.05, 4.69) is 19.2 Å². The standard InChI is InChI=1S/C22H20N2O5/c1-3-13(2)15-8-10-17(11-9-15)24-20(26)18(19(25)23-22(24)29)12-14-4-6-16(7-5-14)21(27)28/h4-13H,3H2,1-2H3,(H,27,28)(H,23,25,29)/b18-12-/t13-/m1/s1. The topological polar surface area (TPSA) is 104 Å². The number of urea groups is 1. The molecule has 1 saturated heterocycles. The van der Waals surface area contributed by atoms with Crippen molar-refractivity contribution in [3.63, 3.8) is 0 Å². The Labute approximate surface area is 167 Å². The Kier molecular flexibility index (Phi) is 5.59. The molecule has 0 unspecified atom stereocenters. The SMILES string of the molecule is CC[C@@H](C)c1ccc(N2C(=O)NC(=O)/C(=C/c3ccc(C(=O)O)cc3)C2=O)cc1. The van der Waals surface area contributed by atoms with Gasteiger partial charge in [0.05, 0.1) is 11.3 Å². The normalized spacial score (nSPS) is 16.7. The highest BCUT2D eigenvalue weighted by Gasteiger charge is 2.36. The van der Waals surface area contributed by atoms with Gasteiger partial charge in [0.15, 0.2) is 0 Å². The number of carbonyl (C=O) groups is 4. The van der Waals surface area contributed by atoms with Gasteiger partial charge in [-0.3, -0.25) is 14.9 Å². The van der Waals surface area contributed by atoms with E-state index in [4.69, 9.17) is 5.11 Å². The number of imide groups is 2. The van der Waals surface area contributed by atoms with E-state index in [1.807, 2.05) is 12.1 Å². The molecule has 2 aromatic rings. The molecular weight excluding hydrogens is 372 g/mol. The minimum atomic E-state index is -1.08. The molecule has 7 heteroatoms. The van der Waals surface area contributed by atoms with Gasteiger partial charge in [-0.1, -0.05) is 38.1 Å². The highest BCUT2D eigenvalue weighted by Crippen LogP contribution is 2.25. The van der Waals surface area contributed by atoms with Gasteiger partial charge >= 0.3 is 12.0 Å². The molecular formula is C22H20N2O5. The van der Waals surface area contributed by atoms with Gasteiger partial charge in [-0.25, -0.2) is 14.5 Å². The zero-order valence-corrected chi connectivity index (χ0v) is 16.0. The number of benzene rings is 2. The second kappa shape index (κ2) is 8.10. The maximum atomic E-state index is 12.9. The van der Waals surface area contributed by atoms with Crippen molar-refractivity contribution in [3.8, 4) is 0 Å². The summed E-state index contributed by atoms with van der Waals surface area (Å²) in [7, 11) is 0. The molecule has 0 radical (unpaired) electrons. The van der Waals surface area contributed by atoms with Gasteiger partial charge in [0.1, 0.15) is 5.57 Å². The lowest BCUT2D eigenvalue weighted by atomic mass is 9.98. The molecule has 29 heavy (non-hydrogen) atoms. The zero-order valence-electron chi connectivity index (χ0n) is 16.0. The number of hydrogen-bond donors (Lipinski definition) is 2. The number of anilines is 1. The maximum Gasteiger partial charge on any atom is 0.335 e. The molecule has 0 aliphatic carbocycles. The van der Waals surface area contributed by atoms with E-state index in [0.717, 1.165) is 16.9 Å². The van der Waals surface area contributed by atoms with Crippen LogP contribution in [0.4, 0.5) is 10.5 Å². The van der Waals surface area contributed by atoms with E-state index >= 15 is 0 Å². The molecule has 0 bridgehead atoms. The van der Waals surface area contributed by atoms with E-state index in [1.165, 1.54) is 30.3 Å². The average molecular weight is 392 g/mol. The van der Waals surface area contributed by atoms with E-state index in [-0.39, 0.29) is 11.1 Å². The van der Waals surface area contributed by atoms with Crippen LogP contribution in [0.1, 0.15) is 47.7 Å². The lowest BCUT2D eigenvalue weighted by Gasteiger charge is -2.26. The van der Waals surface area contributed by atoms with Crippen molar-refractivity contribution in [1.82, 2.24) is 5.32 Å². The number of barbiturate groups is 1. The van der Waals surface area contributed by atoms with E-state index in [9.17, 15) is 19.2 Å². The summed E-state index contributed by atoms with van der Waals surface area (Å²) in [4.78, 5) is 49.2. The van der Waals surface area contributed by atoms with Crippen molar-refractivity contribution < 1.29 is 24.3 Å². The minimum Gasteiger partial charge on any atom is -0.478 e. The monoisotopic (exact) mass is 392 g/mol. The molecule has 148 valence electrons. The fourth-order valence-electron chi connectivity index (χ4n) is 2.97. The predicted molar refractivity (Wildman–Crippen MR) is 108 cm³/mol. The Hall–Kier alpha value is -3.74. The Balaban J connectivity index is 1.92. The number of amides is 4. The molecule has 3 rings (SSSR count). The second-order valence-corrected chi connectivity index (χ2v) is 6.79. The first-order valence-electron chi connectivity index (χ1n) is 9.16. The van der Waals surface area contributed by atoms with Gasteiger partial charge in [-0.05, 0) is 53.8 Å². The second-order valence-electron chi connectivity index (χ2n) is 6.79. The molecule has 1 aliphatic rings. The first kappa shape index (κ1) is 20.0. The van der Waals surface area contributed by atoms with Gasteiger partial charge in [0.2, 0.25) is 0 Å². The van der Waals surface area contributed by atoms with Crippen LogP contribution in [-0.4, -0.2) is 28.9 Å². The number of aromatic carboxylic acids is 1. The van der Waals surface area contributed by atoms with E-state index < -0.39 is 23.8 Å². The summed E-state index contributed by atoms with van der Waals surface area (Å²) in [5.41, 5.74) is 1.80. The van der Waals surface area contributed by atoms with Gasteiger partial charge < -0.3 is 5.11 Å². The molecule has 0 aromatic heterocycles. The molecule has 2 N–H and O–H groups in total. The summed E-state index contributed by atoms with van der Waals surface area (Å²) in [6, 6.07) is 12.0. The number of carboxylic acid groups (broad SMARTS) is 1. The summed E-state index contributed by atoms with van der Waals surface area (Å²) < 4.78 is 0. The Bertz CT molecular complexity index is 1010. The summed E-state index contributed by atoms with van der Waals surface area (Å²) in [5, 5.41) is 11.1. The van der Waals surface area contributed by atoms with Crippen LogP contribution in [0.3, 0.4) is 0 Å². The molecule has 1 aliphatic heterocycles. The molecule has 7 nitrogen and oxygen atoms in total. The third-order valence-corrected chi connectivity index (χ3v) is 4.90. The lowest BCUT2D eigenvalue weighted by Crippen LogP contribution is -2.54. The summed E-state index contributed by atoms with van der Waals surface area (Å²) in [5.74, 6) is -2.26. The molecule has 1 fully saturated rings. The molecule has 2 aromatic carbocycles. The van der Waals surface area contributed by atoms with Crippen LogP contribution in [-0.2, 0) is 9.59 Å². The van der Waals surface area contributed by atoms with Crippen molar-refractivity contribution in [2.24, 2.45) is 0 Å². The van der Waals surface area contributed by atoms with Gasteiger partial charge in [-0.15, -0.1) is 0 Å². The van der Waals surface area contributed by atoms with E-state index in [1.54, 1.807) is 12.1 Å². The molecule has 4 amide bonds. The summed E-state index contributed by atoms with van der Waals surface area (Å²) >= 11 is 0. The smallest absolute Gasteiger partial charge is 0.335 e. The van der Waals surface area contributed by atoms with Crippen LogP contribution in [0.25, 0.3) is 6.08 Å². The number of carboxylic acids is 1. The van der Waals surface area contributed by atoms with Gasteiger partial charge in [0.25, 0.3) is 11.8 Å². The number of hydrogen-bond acceptors (Lipinski definition) is 4. The van der Waals surface area contributed by atoms with Crippen molar-refractivity contribution in [2.45, 2.75) is 26.2 Å². The summed E-state index contributed by atoms with van der Waals surface area (Å²) in [6.07, 6.45) is 2.29. The first-order valence-corrected chi connectivity index (χ1v) is 9.16. The average Bonchev–Trinajstić information content (AvgIpc) is 2.71. The zero-order chi connectivity index (χ0) is 21.1. The number of rotatable bonds is 5. The number of carbonyl (C=O) groups excluding carboxylic acids is 3. The fourth-order valence-corrected chi connectivity index (χ4v) is 2.97. The maximum absolute atomic E-state index is 12.9. The van der Waals surface area contributed by atoms with Crippen molar-refractivity contribution >= 4 is 35.6 Å². The van der Waals surface area contributed by atoms with Crippen LogP contribution in [0.2, 0.25) is 0 Å². The highest BCUT2D eigenvalue weighted by atomic mass is 16.4. The Morgan fingerprint density at radius 1 is 1.07 bits per heavy atom. The van der Waals surface area contributed by atoms with Crippen molar-refractivity contribution in [3.05, 3.63) is 70.8 Å². The third-order valence-electron chi connectivity index (χ3n) is 4.90. The Morgan fingerprint density at radius 2 is 1.69 bits per heavy atom. The predicted octanol–water partition coefficient (Wildman–Crippen LogP) is 3.56. The third kappa shape index (κ3) is 4.08. The first-order chi connectivity index (χ1) is 13.8. The van der Waals surface area contributed by atoms with Gasteiger partial charge in [0, 0.05) is 0 Å². The fraction of sp³-hybridized carbons (Fsp3) is 0.182. The molecule has 1 heterocycles. The van der Waals surface area contributed by atoms with Crippen LogP contribution < -0.4 is 10.2 Å². The molecule has 0 spiro atoms. The van der Waals surface area contributed by atoms with Crippen molar-refractivity contribution in [1.29, 1.82) is 0 Å². The summed E-state index contributed by atoms with van der Waals surface area (Å²) in [6.45, 7) is 4.16. The van der Waals surface area contributed by atoms with Gasteiger partial charge in [-0.2, -0.15) is 0 Å². The quantitative estimate of drug-likeness (QED) is 0.598. The van der Waals surface area contributed by atoms with Crippen LogP contribution >= 0.6 is 0 Å². The largest absolute Gasteiger partial charge is 0.478 e. The number of nitrogens with zero attached hydrogens (tertiary/aromatic N) is 1. The minimum absolute atomic E-state index is 0.0878. The lowest BCUT2D eigenvalue weighted by molar-refractivity contribution is -0.122. The Morgan fingerprint density at radius 3 is 2.24 bits per heavy atom. The van der Waals surface area contributed by atoms with Crippen LogP contribution in [0.5, 0.6) is 0 Å². The van der Waals surface area contributed by atoms with Crippen LogP contribution in [0, 0.1) is 0 Å². The van der Waals surface area contributed by atoms with Crippen LogP contribution in [0.15, 0.2) is 54.1 Å². The highest BCUT2D eigenvalue weighted by molar-refractivity contribution is 6.39. The molecule has 1 atom stereocenters.